The van der Waals surface area contributed by atoms with Crippen LogP contribution in [-0.2, 0) is 35.2 Å². The standard InChI is InChI=1S/C24H40N10O9/c1-11(30-13(3)37)19(38)32-16(7-14-8-27-10-29-14)21(40)31-15(5-4-6-28-24(25)26)20(39)34-18(12(2)36)22(41)33-17(9-35)23(42)43/h8,10-12,15-18,35-36H,4-7,9H2,1-3H3,(H,27,29)(H,30,37)(H,31,40)(H,32,38)(H,33,41)(H,34,39)(H,42,43)(H4,25,26,28)/t11-,12+,15-,16-,17-,18-/m0/s1. The lowest BCUT2D eigenvalue weighted by molar-refractivity contribution is -0.144. The van der Waals surface area contributed by atoms with Crippen molar-refractivity contribution < 1.29 is 44.1 Å². The van der Waals surface area contributed by atoms with Gasteiger partial charge in [0.25, 0.3) is 0 Å². The second-order valence-corrected chi connectivity index (χ2v) is 9.58. The predicted octanol–water partition coefficient (Wildman–Crippen LogP) is -5.07. The maximum absolute atomic E-state index is 13.4. The maximum Gasteiger partial charge on any atom is 0.328 e. The number of nitrogens with two attached hydrogens (primary N) is 2. The van der Waals surface area contributed by atoms with Crippen molar-refractivity contribution in [3.63, 3.8) is 0 Å². The van der Waals surface area contributed by atoms with Gasteiger partial charge in [-0.2, -0.15) is 0 Å². The van der Waals surface area contributed by atoms with Gasteiger partial charge in [0.15, 0.2) is 5.96 Å². The van der Waals surface area contributed by atoms with E-state index in [0.29, 0.717) is 5.69 Å². The largest absolute Gasteiger partial charge is 0.480 e. The lowest BCUT2D eigenvalue weighted by atomic mass is 10.1. The molecule has 0 aromatic carbocycles. The van der Waals surface area contributed by atoms with Gasteiger partial charge in [0, 0.05) is 31.8 Å². The second-order valence-electron chi connectivity index (χ2n) is 9.58. The summed E-state index contributed by atoms with van der Waals surface area (Å²) in [6, 6.07) is -6.97. The zero-order valence-corrected chi connectivity index (χ0v) is 24.0. The molecule has 5 amide bonds. The van der Waals surface area contributed by atoms with E-state index in [4.69, 9.17) is 16.6 Å². The molecule has 0 saturated carbocycles. The number of aromatic amines is 1. The molecule has 0 bridgehead atoms. The number of carbonyl (C=O) groups is 6. The Balaban J connectivity index is 3.21. The van der Waals surface area contributed by atoms with Crippen LogP contribution in [0.2, 0.25) is 0 Å². The Kier molecular flexibility index (Phi) is 15.1. The highest BCUT2D eigenvalue weighted by Gasteiger charge is 2.33. The molecular formula is C24H40N10O9. The number of aromatic nitrogens is 2. The van der Waals surface area contributed by atoms with Crippen molar-refractivity contribution in [1.29, 1.82) is 0 Å². The van der Waals surface area contributed by atoms with Gasteiger partial charge in [-0.1, -0.05) is 0 Å². The highest BCUT2D eigenvalue weighted by atomic mass is 16.4. The Hall–Kier alpha value is -4.78. The van der Waals surface area contributed by atoms with Crippen LogP contribution in [0.4, 0.5) is 0 Å². The van der Waals surface area contributed by atoms with E-state index in [2.05, 4.69) is 36.2 Å². The summed E-state index contributed by atoms with van der Waals surface area (Å²) in [6.07, 6.45) is 1.29. The summed E-state index contributed by atoms with van der Waals surface area (Å²) in [4.78, 5) is 85.1. The van der Waals surface area contributed by atoms with Gasteiger partial charge in [0.2, 0.25) is 29.5 Å². The van der Waals surface area contributed by atoms with Crippen LogP contribution in [0.1, 0.15) is 39.3 Å². The van der Waals surface area contributed by atoms with Crippen LogP contribution >= 0.6 is 0 Å². The number of carbonyl (C=O) groups excluding carboxylic acids is 5. The molecule has 0 spiro atoms. The molecule has 0 saturated heterocycles. The first-order valence-electron chi connectivity index (χ1n) is 13.2. The van der Waals surface area contributed by atoms with Crippen molar-refractivity contribution in [2.24, 2.45) is 16.5 Å². The molecule has 1 aromatic heterocycles. The Bertz CT molecular complexity index is 1140. The van der Waals surface area contributed by atoms with E-state index in [9.17, 15) is 39.0 Å². The summed E-state index contributed by atoms with van der Waals surface area (Å²) >= 11 is 0. The molecule has 0 aliphatic carbocycles. The highest BCUT2D eigenvalue weighted by Crippen LogP contribution is 2.06. The third kappa shape index (κ3) is 13.2. The predicted molar refractivity (Wildman–Crippen MR) is 150 cm³/mol. The number of hydrogen-bond acceptors (Lipinski definition) is 10. The zero-order valence-electron chi connectivity index (χ0n) is 24.0. The smallest absolute Gasteiger partial charge is 0.328 e. The minimum Gasteiger partial charge on any atom is -0.480 e. The third-order valence-electron chi connectivity index (χ3n) is 5.86. The monoisotopic (exact) mass is 612 g/mol. The number of rotatable bonds is 18. The van der Waals surface area contributed by atoms with Crippen LogP contribution in [0.25, 0.3) is 0 Å². The van der Waals surface area contributed by atoms with Gasteiger partial charge in [-0.3, -0.25) is 29.0 Å². The minimum absolute atomic E-state index is 0.0656. The summed E-state index contributed by atoms with van der Waals surface area (Å²) in [5, 5.41) is 40.1. The molecule has 43 heavy (non-hydrogen) atoms. The van der Waals surface area contributed by atoms with Gasteiger partial charge < -0.3 is 58.4 Å². The fourth-order valence-corrected chi connectivity index (χ4v) is 3.64. The number of amides is 5. The molecule has 19 heteroatoms. The summed E-state index contributed by atoms with van der Waals surface area (Å²) in [6.45, 7) is 2.92. The third-order valence-corrected chi connectivity index (χ3v) is 5.86. The van der Waals surface area contributed by atoms with Crippen molar-refractivity contribution in [3.05, 3.63) is 18.2 Å². The number of H-pyrrole nitrogens is 1. The fraction of sp³-hybridized carbons (Fsp3) is 0.583. The number of aliphatic hydroxyl groups is 2. The van der Waals surface area contributed by atoms with Gasteiger partial charge in [-0.15, -0.1) is 0 Å². The molecule has 0 radical (unpaired) electrons. The van der Waals surface area contributed by atoms with Crippen LogP contribution in [0.5, 0.6) is 0 Å². The van der Waals surface area contributed by atoms with E-state index in [1.54, 1.807) is 0 Å². The molecule has 1 heterocycles. The first-order valence-corrected chi connectivity index (χ1v) is 13.2. The number of carboxylic acids is 1. The molecule has 0 aliphatic heterocycles. The van der Waals surface area contributed by atoms with Gasteiger partial charge in [-0.25, -0.2) is 9.78 Å². The number of guanidine groups is 1. The first kappa shape index (κ1) is 36.2. The minimum atomic E-state index is -1.70. The Morgan fingerprint density at radius 3 is 2.05 bits per heavy atom. The van der Waals surface area contributed by atoms with Crippen LogP contribution in [0, 0.1) is 0 Å². The van der Waals surface area contributed by atoms with Crippen LogP contribution < -0.4 is 38.1 Å². The maximum atomic E-state index is 13.4. The molecular weight excluding hydrogens is 572 g/mol. The Labute approximate surface area is 246 Å². The van der Waals surface area contributed by atoms with Crippen molar-refractivity contribution >= 4 is 41.5 Å². The average Bonchev–Trinajstić information content (AvgIpc) is 3.43. The van der Waals surface area contributed by atoms with E-state index < -0.39 is 78.4 Å². The van der Waals surface area contributed by atoms with E-state index in [-0.39, 0.29) is 31.8 Å². The number of nitrogens with one attached hydrogen (secondary N) is 6. The Morgan fingerprint density at radius 2 is 1.53 bits per heavy atom. The SMILES string of the molecule is CC(=O)N[C@@H](C)C(=O)N[C@@H](Cc1cnc[nH]1)C(=O)N[C@@H](CCCN=C(N)N)C(=O)N[C@H](C(=O)N[C@@H](CO)C(=O)O)[C@@H](C)O. The number of aliphatic carboxylic acids is 1. The number of imidazole rings is 1. The molecule has 1 rings (SSSR count). The molecule has 6 atom stereocenters. The number of carboxylic acid groups (broad SMARTS) is 1. The van der Waals surface area contributed by atoms with Crippen molar-refractivity contribution in [2.75, 3.05) is 13.2 Å². The number of aliphatic imine (C=N–C) groups is 1. The number of aliphatic hydroxyl groups excluding tert-OH is 2. The van der Waals surface area contributed by atoms with Crippen molar-refractivity contribution in [1.82, 2.24) is 36.6 Å². The van der Waals surface area contributed by atoms with Crippen LogP contribution in [0.3, 0.4) is 0 Å². The summed E-state index contributed by atoms with van der Waals surface area (Å²) in [5.74, 6) is -5.77. The second kappa shape index (κ2) is 17.9. The zero-order chi connectivity index (χ0) is 32.7. The molecule has 0 fully saturated rings. The highest BCUT2D eigenvalue weighted by molar-refractivity contribution is 5.96. The summed E-state index contributed by atoms with van der Waals surface area (Å²) in [7, 11) is 0. The van der Waals surface area contributed by atoms with Gasteiger partial charge in [-0.05, 0) is 26.7 Å². The molecule has 1 aromatic rings. The summed E-state index contributed by atoms with van der Waals surface area (Å²) < 4.78 is 0. The fourth-order valence-electron chi connectivity index (χ4n) is 3.64. The lowest BCUT2D eigenvalue weighted by Crippen LogP contribution is -2.61. The van der Waals surface area contributed by atoms with E-state index in [1.807, 2.05) is 5.32 Å². The molecule has 0 unspecified atom stereocenters. The van der Waals surface area contributed by atoms with Gasteiger partial charge >= 0.3 is 5.97 Å². The van der Waals surface area contributed by atoms with E-state index in [0.717, 1.165) is 6.92 Å². The van der Waals surface area contributed by atoms with Crippen molar-refractivity contribution in [3.8, 4) is 0 Å². The molecule has 0 aliphatic rings. The Morgan fingerprint density at radius 1 is 0.930 bits per heavy atom. The first-order chi connectivity index (χ1) is 20.2. The van der Waals surface area contributed by atoms with Gasteiger partial charge in [0.05, 0.1) is 19.0 Å². The number of hydrogen-bond donors (Lipinski definition) is 11. The average molecular weight is 613 g/mol. The lowest BCUT2D eigenvalue weighted by Gasteiger charge is -2.27. The van der Waals surface area contributed by atoms with Gasteiger partial charge in [0.1, 0.15) is 30.2 Å². The quantitative estimate of drug-likeness (QED) is 0.0421. The van der Waals surface area contributed by atoms with E-state index in [1.165, 1.54) is 26.4 Å². The molecule has 13 N–H and O–H groups in total. The number of nitrogens with zero attached hydrogens (tertiary/aromatic N) is 2. The van der Waals surface area contributed by atoms with E-state index >= 15 is 0 Å². The normalized spacial score (nSPS) is 14.9. The molecule has 240 valence electrons. The van der Waals surface area contributed by atoms with Crippen LogP contribution in [-0.4, -0.2) is 116 Å². The summed E-state index contributed by atoms with van der Waals surface area (Å²) in [5.41, 5.74) is 11.1. The van der Waals surface area contributed by atoms with Crippen molar-refractivity contribution in [2.45, 2.75) is 76.3 Å². The van der Waals surface area contributed by atoms with Crippen LogP contribution in [0.15, 0.2) is 17.5 Å². The molecule has 19 nitrogen and oxygen atoms in total. The topological polar surface area (TPSA) is 316 Å².